The summed E-state index contributed by atoms with van der Waals surface area (Å²) in [6.07, 6.45) is 0.0620. The number of nitrogens with one attached hydrogen (secondary N) is 1. The van der Waals surface area contributed by atoms with Gasteiger partial charge in [0.05, 0.1) is 11.4 Å². The second-order valence-electron chi connectivity index (χ2n) is 4.92. The first-order chi connectivity index (χ1) is 11.0. The maximum Gasteiger partial charge on any atom is 0.313 e. The summed E-state index contributed by atoms with van der Waals surface area (Å²) in [7, 11) is 0. The Morgan fingerprint density at radius 3 is 2.57 bits per heavy atom. The van der Waals surface area contributed by atoms with Gasteiger partial charge >= 0.3 is 5.97 Å². The first-order valence-corrected chi connectivity index (χ1v) is 8.13. The van der Waals surface area contributed by atoms with Crippen molar-refractivity contribution in [1.82, 2.24) is 5.32 Å². The molecule has 0 saturated heterocycles. The molecule has 0 unspecified atom stereocenters. The lowest BCUT2D eigenvalue weighted by atomic mass is 10.2. The van der Waals surface area contributed by atoms with E-state index in [2.05, 4.69) is 21.2 Å². The molecule has 0 bridgehead atoms. The second kappa shape index (κ2) is 8.13. The SMILES string of the molecule is Cc1ccc(Cl)c(OC(=O)CCNC(=O)c2ccc(Br)cc2)c1. The van der Waals surface area contributed by atoms with Gasteiger partial charge in [0.2, 0.25) is 0 Å². The Morgan fingerprint density at radius 1 is 1.17 bits per heavy atom. The van der Waals surface area contributed by atoms with Gasteiger partial charge in [-0.15, -0.1) is 0 Å². The molecule has 1 amide bonds. The van der Waals surface area contributed by atoms with Gasteiger partial charge < -0.3 is 10.1 Å². The van der Waals surface area contributed by atoms with Crippen LogP contribution < -0.4 is 10.1 Å². The second-order valence-corrected chi connectivity index (χ2v) is 6.24. The van der Waals surface area contributed by atoms with E-state index >= 15 is 0 Å². The maximum atomic E-state index is 11.9. The first-order valence-electron chi connectivity index (χ1n) is 6.96. The lowest BCUT2D eigenvalue weighted by Crippen LogP contribution is -2.27. The van der Waals surface area contributed by atoms with Crippen LogP contribution in [0.2, 0.25) is 5.02 Å². The number of benzene rings is 2. The highest BCUT2D eigenvalue weighted by Crippen LogP contribution is 2.25. The lowest BCUT2D eigenvalue weighted by molar-refractivity contribution is -0.134. The van der Waals surface area contributed by atoms with Crippen LogP contribution in [0, 0.1) is 6.92 Å². The Hall–Kier alpha value is -1.85. The predicted octanol–water partition coefficient (Wildman–Crippen LogP) is 4.14. The monoisotopic (exact) mass is 395 g/mol. The zero-order valence-corrected chi connectivity index (χ0v) is 14.8. The molecule has 0 fully saturated rings. The van der Waals surface area contributed by atoms with E-state index in [1.54, 1.807) is 36.4 Å². The highest BCUT2D eigenvalue weighted by Gasteiger charge is 2.10. The van der Waals surface area contributed by atoms with Gasteiger partial charge in [-0.3, -0.25) is 9.59 Å². The van der Waals surface area contributed by atoms with E-state index in [4.69, 9.17) is 16.3 Å². The number of carbonyl (C=O) groups is 2. The Kier molecular flexibility index (Phi) is 6.19. The molecule has 0 saturated carbocycles. The van der Waals surface area contributed by atoms with E-state index in [-0.39, 0.29) is 18.9 Å². The quantitative estimate of drug-likeness (QED) is 0.610. The van der Waals surface area contributed by atoms with Gasteiger partial charge in [-0.2, -0.15) is 0 Å². The summed E-state index contributed by atoms with van der Waals surface area (Å²) in [4.78, 5) is 23.7. The van der Waals surface area contributed by atoms with Crippen LogP contribution in [0.3, 0.4) is 0 Å². The summed E-state index contributed by atoms with van der Waals surface area (Å²) < 4.78 is 6.10. The molecule has 4 nitrogen and oxygen atoms in total. The smallest absolute Gasteiger partial charge is 0.313 e. The van der Waals surface area contributed by atoms with Crippen LogP contribution in [0.1, 0.15) is 22.3 Å². The summed E-state index contributed by atoms with van der Waals surface area (Å²) >= 11 is 9.27. The van der Waals surface area contributed by atoms with Gasteiger partial charge in [-0.1, -0.05) is 33.6 Å². The first kappa shape index (κ1) is 17.5. The summed E-state index contributed by atoms with van der Waals surface area (Å²) in [5.41, 5.74) is 1.48. The average Bonchev–Trinajstić information content (AvgIpc) is 2.51. The Bertz CT molecular complexity index is 716. The normalized spacial score (nSPS) is 10.2. The molecule has 2 aromatic rings. The van der Waals surface area contributed by atoms with Crippen molar-refractivity contribution in [2.45, 2.75) is 13.3 Å². The Labute approximate surface area is 147 Å². The standard InChI is InChI=1S/C17H15BrClNO3/c1-11-2-7-14(19)15(10-11)23-16(21)8-9-20-17(22)12-3-5-13(18)6-4-12/h2-7,10H,8-9H2,1H3,(H,20,22). The van der Waals surface area contributed by atoms with Crippen molar-refractivity contribution < 1.29 is 14.3 Å². The van der Waals surface area contributed by atoms with E-state index in [0.717, 1.165) is 10.0 Å². The fourth-order valence-corrected chi connectivity index (χ4v) is 2.26. The predicted molar refractivity (Wildman–Crippen MR) is 92.9 cm³/mol. The fourth-order valence-electron chi connectivity index (χ4n) is 1.84. The molecule has 0 aliphatic heterocycles. The maximum absolute atomic E-state index is 11.9. The molecule has 1 N–H and O–H groups in total. The third-order valence-corrected chi connectivity index (χ3v) is 3.87. The number of ether oxygens (including phenoxy) is 1. The molecule has 23 heavy (non-hydrogen) atoms. The van der Waals surface area contributed by atoms with Gasteiger partial charge in [-0.05, 0) is 48.9 Å². The van der Waals surface area contributed by atoms with Gasteiger partial charge in [0.25, 0.3) is 5.91 Å². The van der Waals surface area contributed by atoms with Crippen LogP contribution in [-0.2, 0) is 4.79 Å². The average molecular weight is 397 g/mol. The molecular formula is C17H15BrClNO3. The highest BCUT2D eigenvalue weighted by molar-refractivity contribution is 9.10. The molecule has 0 aliphatic carbocycles. The minimum absolute atomic E-state index is 0.0620. The van der Waals surface area contributed by atoms with Crippen molar-refractivity contribution in [3.63, 3.8) is 0 Å². The number of carbonyl (C=O) groups excluding carboxylic acids is 2. The molecule has 0 aliphatic rings. The van der Waals surface area contributed by atoms with Crippen molar-refractivity contribution in [2.24, 2.45) is 0 Å². The minimum atomic E-state index is -0.450. The molecule has 120 valence electrons. The number of hydrogen-bond acceptors (Lipinski definition) is 3. The lowest BCUT2D eigenvalue weighted by Gasteiger charge is -2.08. The van der Waals surface area contributed by atoms with E-state index < -0.39 is 5.97 Å². The van der Waals surface area contributed by atoms with Gasteiger partial charge in [-0.25, -0.2) is 0 Å². The summed E-state index contributed by atoms with van der Waals surface area (Å²) in [5.74, 6) is -0.358. The molecule has 0 spiro atoms. The number of hydrogen-bond donors (Lipinski definition) is 1. The molecule has 2 aromatic carbocycles. The summed E-state index contributed by atoms with van der Waals surface area (Å²) in [6.45, 7) is 2.07. The zero-order chi connectivity index (χ0) is 16.8. The largest absolute Gasteiger partial charge is 0.425 e. The van der Waals surface area contributed by atoms with Crippen molar-refractivity contribution in [3.05, 3.63) is 63.1 Å². The van der Waals surface area contributed by atoms with Crippen LogP contribution in [0.4, 0.5) is 0 Å². The van der Waals surface area contributed by atoms with Crippen LogP contribution in [0.5, 0.6) is 5.75 Å². The number of amides is 1. The third kappa shape index (κ3) is 5.37. The van der Waals surface area contributed by atoms with Crippen LogP contribution in [-0.4, -0.2) is 18.4 Å². The zero-order valence-electron chi connectivity index (χ0n) is 12.4. The van der Waals surface area contributed by atoms with Crippen molar-refractivity contribution in [3.8, 4) is 5.75 Å². The van der Waals surface area contributed by atoms with E-state index in [9.17, 15) is 9.59 Å². The fraction of sp³-hybridized carbons (Fsp3) is 0.176. The molecule has 0 atom stereocenters. The molecular weight excluding hydrogens is 382 g/mol. The summed E-state index contributed by atoms with van der Waals surface area (Å²) in [6, 6.07) is 12.2. The van der Waals surface area contributed by atoms with E-state index in [0.29, 0.717) is 16.3 Å². The molecule has 0 radical (unpaired) electrons. The van der Waals surface area contributed by atoms with Crippen molar-refractivity contribution in [2.75, 3.05) is 6.54 Å². The molecule has 2 rings (SSSR count). The van der Waals surface area contributed by atoms with Crippen LogP contribution >= 0.6 is 27.5 Å². The topological polar surface area (TPSA) is 55.4 Å². The number of esters is 1. The van der Waals surface area contributed by atoms with E-state index in [1.807, 2.05) is 13.0 Å². The van der Waals surface area contributed by atoms with E-state index in [1.165, 1.54) is 0 Å². The van der Waals surface area contributed by atoms with Crippen LogP contribution in [0.15, 0.2) is 46.9 Å². The molecule has 6 heteroatoms. The van der Waals surface area contributed by atoms with Gasteiger partial charge in [0, 0.05) is 16.6 Å². The summed E-state index contributed by atoms with van der Waals surface area (Å²) in [5, 5.41) is 3.05. The third-order valence-electron chi connectivity index (χ3n) is 3.03. The molecule has 0 heterocycles. The minimum Gasteiger partial charge on any atom is -0.425 e. The van der Waals surface area contributed by atoms with Gasteiger partial charge in [0.1, 0.15) is 5.75 Å². The molecule has 0 aromatic heterocycles. The Morgan fingerprint density at radius 2 is 1.87 bits per heavy atom. The Balaban J connectivity index is 1.81. The number of halogens is 2. The van der Waals surface area contributed by atoms with Crippen molar-refractivity contribution >= 4 is 39.4 Å². The number of aryl methyl sites for hydroxylation is 1. The highest BCUT2D eigenvalue weighted by atomic mass is 79.9. The van der Waals surface area contributed by atoms with Gasteiger partial charge in [0.15, 0.2) is 0 Å². The van der Waals surface area contributed by atoms with Crippen molar-refractivity contribution in [1.29, 1.82) is 0 Å². The van der Waals surface area contributed by atoms with Crippen LogP contribution in [0.25, 0.3) is 0 Å². The number of rotatable bonds is 5.